The molecule has 8 heteroatoms. The maximum atomic E-state index is 12.3. The first kappa shape index (κ1) is 26.3. The van der Waals surface area contributed by atoms with E-state index in [-0.39, 0.29) is 12.0 Å². The summed E-state index contributed by atoms with van der Waals surface area (Å²) >= 11 is 0. The van der Waals surface area contributed by atoms with Crippen molar-refractivity contribution in [3.63, 3.8) is 0 Å². The maximum absolute atomic E-state index is 12.3. The SMILES string of the molecule is CN1CCN(c2ccc(-c3cnc4[nH]cc(-c5ccc(C(=O)N(C)C)cc5)c4c3)cc2NCC2CCCO2)CC1. The summed E-state index contributed by atoms with van der Waals surface area (Å²) in [6, 6.07) is 16.7. The van der Waals surface area contributed by atoms with Gasteiger partial charge in [-0.15, -0.1) is 0 Å². The molecule has 2 N–H and O–H groups in total. The van der Waals surface area contributed by atoms with E-state index in [2.05, 4.69) is 51.4 Å². The number of anilines is 2. The van der Waals surface area contributed by atoms with E-state index in [1.807, 2.05) is 36.7 Å². The van der Waals surface area contributed by atoms with Gasteiger partial charge in [0.15, 0.2) is 0 Å². The fourth-order valence-corrected chi connectivity index (χ4v) is 5.66. The Kier molecular flexibility index (Phi) is 7.45. The molecular weight excluding hydrogens is 500 g/mol. The summed E-state index contributed by atoms with van der Waals surface area (Å²) in [6.07, 6.45) is 6.45. The summed E-state index contributed by atoms with van der Waals surface area (Å²) in [7, 11) is 5.72. The number of amides is 1. The monoisotopic (exact) mass is 538 g/mol. The van der Waals surface area contributed by atoms with Crippen molar-refractivity contribution in [2.45, 2.75) is 18.9 Å². The molecule has 8 nitrogen and oxygen atoms in total. The van der Waals surface area contributed by atoms with Gasteiger partial charge in [-0.05, 0) is 61.3 Å². The Morgan fingerprint density at radius 3 is 2.55 bits per heavy atom. The van der Waals surface area contributed by atoms with Crippen molar-refractivity contribution < 1.29 is 9.53 Å². The van der Waals surface area contributed by atoms with Crippen molar-refractivity contribution in [1.29, 1.82) is 0 Å². The van der Waals surface area contributed by atoms with Crippen LogP contribution in [-0.4, -0.2) is 92.3 Å². The van der Waals surface area contributed by atoms with Crippen LogP contribution in [0.3, 0.4) is 0 Å². The molecule has 40 heavy (non-hydrogen) atoms. The second-order valence-corrected chi connectivity index (χ2v) is 11.1. The number of ether oxygens (including phenoxy) is 1. The summed E-state index contributed by atoms with van der Waals surface area (Å²) in [5, 5.41) is 4.78. The third kappa shape index (κ3) is 5.42. The number of H-pyrrole nitrogens is 1. The molecule has 4 aromatic rings. The predicted molar refractivity (Wildman–Crippen MR) is 162 cm³/mol. The predicted octanol–water partition coefficient (Wildman–Crippen LogP) is 4.94. The second-order valence-electron chi connectivity index (χ2n) is 11.1. The van der Waals surface area contributed by atoms with Gasteiger partial charge in [-0.2, -0.15) is 0 Å². The van der Waals surface area contributed by atoms with Crippen molar-refractivity contribution >= 4 is 28.3 Å². The number of carbonyl (C=O) groups is 1. The molecule has 1 amide bonds. The molecule has 1 atom stereocenters. The number of hydrogen-bond donors (Lipinski definition) is 2. The van der Waals surface area contributed by atoms with E-state index >= 15 is 0 Å². The van der Waals surface area contributed by atoms with E-state index in [1.165, 1.54) is 5.69 Å². The quantitative estimate of drug-likeness (QED) is 0.347. The zero-order valence-electron chi connectivity index (χ0n) is 23.6. The van der Waals surface area contributed by atoms with Crippen LogP contribution in [0.25, 0.3) is 33.3 Å². The van der Waals surface area contributed by atoms with Gasteiger partial charge in [0.05, 0.1) is 17.5 Å². The number of rotatable bonds is 7. The molecule has 0 bridgehead atoms. The fraction of sp³-hybridized carbons (Fsp3) is 0.375. The second kappa shape index (κ2) is 11.3. The molecule has 2 fully saturated rings. The molecule has 2 aliphatic heterocycles. The van der Waals surface area contributed by atoms with Gasteiger partial charge < -0.3 is 29.7 Å². The molecule has 208 valence electrons. The lowest BCUT2D eigenvalue weighted by Crippen LogP contribution is -2.44. The highest BCUT2D eigenvalue weighted by Gasteiger charge is 2.20. The van der Waals surface area contributed by atoms with E-state index in [9.17, 15) is 4.79 Å². The molecule has 2 saturated heterocycles. The number of aromatic amines is 1. The van der Waals surface area contributed by atoms with Crippen molar-refractivity contribution in [2.24, 2.45) is 0 Å². The number of piperazine rings is 1. The number of nitrogens with zero attached hydrogens (tertiary/aromatic N) is 4. The number of benzene rings is 2. The van der Waals surface area contributed by atoms with Crippen LogP contribution in [0.5, 0.6) is 0 Å². The first-order valence-electron chi connectivity index (χ1n) is 14.2. The van der Waals surface area contributed by atoms with Crippen LogP contribution >= 0.6 is 0 Å². The normalized spacial score (nSPS) is 17.9. The number of likely N-dealkylation sites (N-methyl/N-ethyl adjacent to an activating group) is 1. The number of fused-ring (bicyclic) bond motifs is 1. The standard InChI is InChI=1S/C32H38N6O2/c1-36(2)32(39)23-8-6-22(7-9-23)28-21-35-31-27(28)17-25(19-34-31)24-10-11-30(38-14-12-37(3)13-15-38)29(18-24)33-20-26-5-4-16-40-26/h6-11,17-19,21,26,33H,4-5,12-16,20H2,1-3H3,(H,34,35). The van der Waals surface area contributed by atoms with Gasteiger partial charge in [-0.3, -0.25) is 4.79 Å². The van der Waals surface area contributed by atoms with Crippen molar-refractivity contribution in [3.05, 3.63) is 66.5 Å². The number of aromatic nitrogens is 2. The largest absolute Gasteiger partial charge is 0.381 e. The Hall–Kier alpha value is -3.88. The molecule has 0 aliphatic carbocycles. The van der Waals surface area contributed by atoms with Crippen LogP contribution in [-0.2, 0) is 4.74 Å². The molecule has 2 aliphatic rings. The van der Waals surface area contributed by atoms with Crippen LogP contribution in [0.4, 0.5) is 11.4 Å². The Labute approximate surface area is 235 Å². The van der Waals surface area contributed by atoms with Gasteiger partial charge in [0, 0.05) is 87.9 Å². The molecule has 2 aromatic carbocycles. The van der Waals surface area contributed by atoms with Gasteiger partial charge in [0.1, 0.15) is 5.65 Å². The fourth-order valence-electron chi connectivity index (χ4n) is 5.66. The lowest BCUT2D eigenvalue weighted by Gasteiger charge is -2.35. The summed E-state index contributed by atoms with van der Waals surface area (Å²) in [5.41, 5.74) is 8.23. The molecule has 0 radical (unpaired) electrons. The van der Waals surface area contributed by atoms with E-state index in [0.29, 0.717) is 5.56 Å². The summed E-state index contributed by atoms with van der Waals surface area (Å²) in [4.78, 5) is 26.9. The Morgan fingerprint density at radius 2 is 1.82 bits per heavy atom. The Balaban J connectivity index is 1.32. The first-order chi connectivity index (χ1) is 19.5. The van der Waals surface area contributed by atoms with Crippen molar-refractivity contribution in [3.8, 4) is 22.3 Å². The number of carbonyl (C=O) groups excluding carboxylic acids is 1. The minimum atomic E-state index is -0.00152. The molecule has 6 rings (SSSR count). The average molecular weight is 539 g/mol. The third-order valence-corrected chi connectivity index (χ3v) is 8.10. The van der Waals surface area contributed by atoms with Gasteiger partial charge in [-0.25, -0.2) is 4.98 Å². The van der Waals surface area contributed by atoms with Crippen LogP contribution < -0.4 is 10.2 Å². The number of pyridine rings is 1. The summed E-state index contributed by atoms with van der Waals surface area (Å²) < 4.78 is 5.90. The zero-order chi connectivity index (χ0) is 27.6. The lowest BCUT2D eigenvalue weighted by atomic mass is 10.0. The highest BCUT2D eigenvalue weighted by molar-refractivity contribution is 5.98. The zero-order valence-corrected chi connectivity index (χ0v) is 23.6. The molecule has 0 spiro atoms. The topological polar surface area (TPSA) is 76.7 Å². The van der Waals surface area contributed by atoms with Crippen LogP contribution in [0, 0.1) is 0 Å². The lowest BCUT2D eigenvalue weighted by molar-refractivity contribution is 0.0827. The third-order valence-electron chi connectivity index (χ3n) is 8.10. The maximum Gasteiger partial charge on any atom is 0.253 e. The van der Waals surface area contributed by atoms with Gasteiger partial charge in [0.2, 0.25) is 0 Å². The highest BCUT2D eigenvalue weighted by atomic mass is 16.5. The van der Waals surface area contributed by atoms with Crippen molar-refractivity contribution in [2.75, 3.05) is 70.7 Å². The summed E-state index contributed by atoms with van der Waals surface area (Å²) in [6.45, 7) is 5.84. The smallest absolute Gasteiger partial charge is 0.253 e. The molecular formula is C32H38N6O2. The Bertz CT molecular complexity index is 1480. The molecule has 1 unspecified atom stereocenters. The van der Waals surface area contributed by atoms with E-state index in [4.69, 9.17) is 9.72 Å². The van der Waals surface area contributed by atoms with E-state index in [0.717, 1.165) is 91.1 Å². The van der Waals surface area contributed by atoms with E-state index in [1.54, 1.807) is 19.0 Å². The van der Waals surface area contributed by atoms with E-state index < -0.39 is 0 Å². The van der Waals surface area contributed by atoms with Crippen LogP contribution in [0.2, 0.25) is 0 Å². The summed E-state index contributed by atoms with van der Waals surface area (Å²) in [5.74, 6) is -0.00152. The van der Waals surface area contributed by atoms with Crippen LogP contribution in [0.1, 0.15) is 23.2 Å². The average Bonchev–Trinajstić information content (AvgIpc) is 3.66. The van der Waals surface area contributed by atoms with Crippen LogP contribution in [0.15, 0.2) is 60.9 Å². The minimum absolute atomic E-state index is 0.00152. The van der Waals surface area contributed by atoms with Crippen molar-refractivity contribution in [1.82, 2.24) is 19.8 Å². The molecule has 4 heterocycles. The molecule has 0 saturated carbocycles. The molecule has 2 aromatic heterocycles. The Morgan fingerprint density at radius 1 is 1.05 bits per heavy atom. The minimum Gasteiger partial charge on any atom is -0.381 e. The van der Waals surface area contributed by atoms with Gasteiger partial charge in [0.25, 0.3) is 5.91 Å². The van der Waals surface area contributed by atoms with Gasteiger partial charge >= 0.3 is 0 Å². The first-order valence-corrected chi connectivity index (χ1v) is 14.2. The number of hydrogen-bond acceptors (Lipinski definition) is 6. The highest BCUT2D eigenvalue weighted by Crippen LogP contribution is 2.35. The van der Waals surface area contributed by atoms with Gasteiger partial charge in [-0.1, -0.05) is 18.2 Å². The number of nitrogens with one attached hydrogen (secondary N) is 2.